The van der Waals surface area contributed by atoms with E-state index in [-0.39, 0.29) is 16.2 Å². The smallest absolute Gasteiger partial charge is 0.243 e. The van der Waals surface area contributed by atoms with Gasteiger partial charge in [-0.15, -0.1) is 0 Å². The van der Waals surface area contributed by atoms with Gasteiger partial charge in [0.1, 0.15) is 5.82 Å². The zero-order chi connectivity index (χ0) is 17.4. The first-order chi connectivity index (χ1) is 11.3. The fourth-order valence-corrected chi connectivity index (χ4v) is 5.59. The summed E-state index contributed by atoms with van der Waals surface area (Å²) in [6.07, 6.45) is 1.75. The van der Waals surface area contributed by atoms with Crippen molar-refractivity contribution in [3.8, 4) is 0 Å². The first-order valence-electron chi connectivity index (χ1n) is 8.32. The Labute approximate surface area is 143 Å². The third kappa shape index (κ3) is 3.35. The Morgan fingerprint density at radius 2 is 2.04 bits per heavy atom. The monoisotopic (exact) mass is 356 g/mol. The number of ether oxygens (including phenoxy) is 1. The van der Waals surface area contributed by atoms with Crippen LogP contribution in [0.1, 0.15) is 12.8 Å². The van der Waals surface area contributed by atoms with E-state index in [1.54, 1.807) is 4.31 Å². The molecule has 2 heterocycles. The molecule has 0 radical (unpaired) electrons. The Morgan fingerprint density at radius 1 is 1.33 bits per heavy atom. The average Bonchev–Trinajstić information content (AvgIpc) is 2.86. The van der Waals surface area contributed by atoms with Crippen molar-refractivity contribution in [1.29, 1.82) is 0 Å². The highest BCUT2D eigenvalue weighted by Gasteiger charge is 2.50. The number of halogens is 1. The van der Waals surface area contributed by atoms with E-state index in [1.807, 2.05) is 14.1 Å². The van der Waals surface area contributed by atoms with E-state index in [0.29, 0.717) is 26.3 Å². The van der Waals surface area contributed by atoms with Crippen LogP contribution < -0.4 is 0 Å². The summed E-state index contributed by atoms with van der Waals surface area (Å²) >= 11 is 0. The van der Waals surface area contributed by atoms with Crippen molar-refractivity contribution in [2.24, 2.45) is 11.3 Å². The van der Waals surface area contributed by atoms with Crippen molar-refractivity contribution in [2.45, 2.75) is 17.7 Å². The van der Waals surface area contributed by atoms with Crippen LogP contribution in [-0.4, -0.2) is 64.6 Å². The van der Waals surface area contributed by atoms with Crippen molar-refractivity contribution in [1.82, 2.24) is 9.21 Å². The Kier molecular flexibility index (Phi) is 4.97. The lowest BCUT2D eigenvalue weighted by atomic mass is 9.72. The first-order valence-corrected chi connectivity index (χ1v) is 9.76. The summed E-state index contributed by atoms with van der Waals surface area (Å²) in [6.45, 7) is 3.18. The minimum Gasteiger partial charge on any atom is -0.381 e. The molecule has 2 fully saturated rings. The van der Waals surface area contributed by atoms with E-state index in [0.717, 1.165) is 25.5 Å². The highest BCUT2D eigenvalue weighted by molar-refractivity contribution is 7.89. The molecule has 0 aliphatic carbocycles. The van der Waals surface area contributed by atoms with Gasteiger partial charge in [-0.25, -0.2) is 12.8 Å². The predicted octanol–water partition coefficient (Wildman–Crippen LogP) is 1.80. The lowest BCUT2D eigenvalue weighted by molar-refractivity contribution is -0.00333. The van der Waals surface area contributed by atoms with Crippen molar-refractivity contribution < 1.29 is 17.5 Å². The lowest BCUT2D eigenvalue weighted by Gasteiger charge is -2.39. The SMILES string of the molecule is CN(C)C[C@@H]1CN(S(=O)(=O)c2cccc(F)c2)CC12CCOCC2. The summed E-state index contributed by atoms with van der Waals surface area (Å²) in [7, 11) is 0.350. The molecule has 1 atom stereocenters. The number of rotatable bonds is 4. The first kappa shape index (κ1) is 17.8. The molecule has 0 amide bonds. The van der Waals surface area contributed by atoms with Crippen LogP contribution in [0.3, 0.4) is 0 Å². The van der Waals surface area contributed by atoms with Crippen molar-refractivity contribution in [2.75, 3.05) is 46.9 Å². The van der Waals surface area contributed by atoms with Gasteiger partial charge in [-0.2, -0.15) is 4.31 Å². The maximum atomic E-state index is 13.5. The molecule has 2 aliphatic rings. The largest absolute Gasteiger partial charge is 0.381 e. The van der Waals surface area contributed by atoms with Gasteiger partial charge in [-0.05, 0) is 56.5 Å². The molecule has 7 heteroatoms. The standard InChI is InChI=1S/C17H25FN2O3S/c1-19(2)11-14-12-20(13-17(14)6-8-23-9-7-17)24(21,22)16-5-3-4-15(18)10-16/h3-5,10,14H,6-9,11-13H2,1-2H3/t14-/m1/s1. The summed E-state index contributed by atoms with van der Waals surface area (Å²) in [4.78, 5) is 2.15. The Balaban J connectivity index is 1.89. The number of benzene rings is 1. The second-order valence-corrected chi connectivity index (χ2v) is 9.13. The van der Waals surface area contributed by atoms with Crippen LogP contribution in [0.4, 0.5) is 4.39 Å². The van der Waals surface area contributed by atoms with E-state index in [2.05, 4.69) is 4.90 Å². The van der Waals surface area contributed by atoms with Gasteiger partial charge in [0, 0.05) is 32.8 Å². The molecule has 24 heavy (non-hydrogen) atoms. The molecule has 3 rings (SSSR count). The minimum atomic E-state index is -3.67. The number of sulfonamides is 1. The molecule has 0 aromatic heterocycles. The quantitative estimate of drug-likeness (QED) is 0.826. The van der Waals surface area contributed by atoms with Crippen molar-refractivity contribution >= 4 is 10.0 Å². The van der Waals surface area contributed by atoms with Gasteiger partial charge in [0.05, 0.1) is 4.90 Å². The van der Waals surface area contributed by atoms with Gasteiger partial charge >= 0.3 is 0 Å². The summed E-state index contributed by atoms with van der Waals surface area (Å²) in [5.41, 5.74) is -0.0388. The van der Waals surface area contributed by atoms with E-state index >= 15 is 0 Å². The van der Waals surface area contributed by atoms with Gasteiger partial charge in [-0.3, -0.25) is 0 Å². The zero-order valence-corrected chi connectivity index (χ0v) is 15.1. The molecule has 0 unspecified atom stereocenters. The molecule has 2 saturated heterocycles. The van der Waals surface area contributed by atoms with Crippen LogP contribution in [0.5, 0.6) is 0 Å². The Morgan fingerprint density at radius 3 is 2.67 bits per heavy atom. The van der Waals surface area contributed by atoms with Crippen LogP contribution >= 0.6 is 0 Å². The summed E-state index contributed by atoms with van der Waals surface area (Å²) in [6, 6.07) is 5.28. The van der Waals surface area contributed by atoms with Gasteiger partial charge in [0.25, 0.3) is 0 Å². The molecular weight excluding hydrogens is 331 g/mol. The molecule has 1 aromatic carbocycles. The van der Waals surface area contributed by atoms with Crippen molar-refractivity contribution in [3.05, 3.63) is 30.1 Å². The maximum absolute atomic E-state index is 13.5. The highest BCUT2D eigenvalue weighted by Crippen LogP contribution is 2.46. The molecule has 1 spiro atoms. The van der Waals surface area contributed by atoms with Crippen LogP contribution in [0.2, 0.25) is 0 Å². The minimum absolute atomic E-state index is 0.0372. The van der Waals surface area contributed by atoms with E-state index in [4.69, 9.17) is 4.74 Å². The maximum Gasteiger partial charge on any atom is 0.243 e. The third-order valence-corrected chi connectivity index (χ3v) is 7.10. The predicted molar refractivity (Wildman–Crippen MR) is 89.7 cm³/mol. The zero-order valence-electron chi connectivity index (χ0n) is 14.2. The van der Waals surface area contributed by atoms with Gasteiger partial charge in [-0.1, -0.05) is 6.07 Å². The molecule has 134 valence electrons. The summed E-state index contributed by atoms with van der Waals surface area (Å²) in [5.74, 6) is -0.263. The lowest BCUT2D eigenvalue weighted by Crippen LogP contribution is -2.40. The normalized spacial score (nSPS) is 24.8. The second kappa shape index (κ2) is 6.71. The van der Waals surface area contributed by atoms with Crippen LogP contribution in [0.25, 0.3) is 0 Å². The Bertz CT molecular complexity index is 687. The van der Waals surface area contributed by atoms with Gasteiger partial charge < -0.3 is 9.64 Å². The fraction of sp³-hybridized carbons (Fsp3) is 0.647. The molecule has 0 bridgehead atoms. The summed E-state index contributed by atoms with van der Waals surface area (Å²) < 4.78 is 46.4. The average molecular weight is 356 g/mol. The van der Waals surface area contributed by atoms with E-state index in [9.17, 15) is 12.8 Å². The van der Waals surface area contributed by atoms with Gasteiger partial charge in [0.15, 0.2) is 0 Å². The molecular formula is C17H25FN2O3S. The van der Waals surface area contributed by atoms with E-state index < -0.39 is 15.8 Å². The molecule has 5 nitrogen and oxygen atoms in total. The highest BCUT2D eigenvalue weighted by atomic mass is 32.2. The van der Waals surface area contributed by atoms with Crippen LogP contribution in [0, 0.1) is 17.2 Å². The topological polar surface area (TPSA) is 49.9 Å². The molecule has 0 saturated carbocycles. The molecule has 2 aliphatic heterocycles. The molecule has 1 aromatic rings. The van der Waals surface area contributed by atoms with E-state index in [1.165, 1.54) is 18.2 Å². The van der Waals surface area contributed by atoms with Crippen molar-refractivity contribution in [3.63, 3.8) is 0 Å². The number of hydrogen-bond donors (Lipinski definition) is 0. The number of nitrogens with zero attached hydrogens (tertiary/aromatic N) is 2. The van der Waals surface area contributed by atoms with Crippen LogP contribution in [0.15, 0.2) is 29.2 Å². The summed E-state index contributed by atoms with van der Waals surface area (Å²) in [5, 5.41) is 0. The van der Waals surface area contributed by atoms with Crippen LogP contribution in [-0.2, 0) is 14.8 Å². The Hall–Kier alpha value is -1.02. The number of hydrogen-bond acceptors (Lipinski definition) is 4. The second-order valence-electron chi connectivity index (χ2n) is 7.19. The molecule has 0 N–H and O–H groups in total. The third-order valence-electron chi connectivity index (χ3n) is 5.29. The van der Waals surface area contributed by atoms with Gasteiger partial charge in [0.2, 0.25) is 10.0 Å². The fourth-order valence-electron chi connectivity index (χ4n) is 3.98.